The van der Waals surface area contributed by atoms with Crippen molar-refractivity contribution < 1.29 is 29.3 Å². The maximum atomic E-state index is 11.0. The Morgan fingerprint density at radius 1 is 1.32 bits per heavy atom. The zero-order valence-electron chi connectivity index (χ0n) is 13.0. The summed E-state index contributed by atoms with van der Waals surface area (Å²) in [4.78, 5) is 26.5. The first kappa shape index (κ1) is 16.7. The number of aliphatic hydroxyl groups excluding tert-OH is 2. The van der Waals surface area contributed by atoms with E-state index in [9.17, 15) is 14.8 Å². The van der Waals surface area contributed by atoms with Crippen LogP contribution in [0.3, 0.4) is 0 Å². The minimum absolute atomic E-state index is 0.0618. The summed E-state index contributed by atoms with van der Waals surface area (Å²) >= 11 is 0. The van der Waals surface area contributed by atoms with Crippen LogP contribution in [-0.2, 0) is 16.0 Å². The van der Waals surface area contributed by atoms with E-state index in [0.29, 0.717) is 24.0 Å². The maximum Gasteiger partial charge on any atom is 0.325 e. The van der Waals surface area contributed by atoms with E-state index >= 15 is 0 Å². The van der Waals surface area contributed by atoms with E-state index in [4.69, 9.17) is 14.5 Å². The lowest BCUT2D eigenvalue weighted by molar-refractivity contribution is -0.0365. The van der Waals surface area contributed by atoms with Gasteiger partial charge in [-0.1, -0.05) is 0 Å². The molecule has 2 aromatic rings. The molecule has 5 N–H and O–H groups in total. The van der Waals surface area contributed by atoms with Gasteiger partial charge in [0.05, 0.1) is 25.3 Å². The fourth-order valence-corrected chi connectivity index (χ4v) is 3.79. The first-order valence-electron chi connectivity index (χ1n) is 7.73. The number of imidazole rings is 2. The molecule has 4 rings (SSSR count). The topological polar surface area (TPSA) is 155 Å². The second-order valence-electron chi connectivity index (χ2n) is 6.13. The van der Waals surface area contributed by atoms with E-state index < -0.39 is 38.3 Å². The highest BCUT2D eigenvalue weighted by molar-refractivity contribution is 7.51. The van der Waals surface area contributed by atoms with Crippen LogP contribution in [0.5, 0.6) is 0 Å². The van der Waals surface area contributed by atoms with Crippen molar-refractivity contribution in [3.05, 3.63) is 18.7 Å². The molecular weight excluding hydrogens is 353 g/mol. The zero-order valence-corrected chi connectivity index (χ0v) is 13.9. The third kappa shape index (κ3) is 2.88. The van der Waals surface area contributed by atoms with Crippen molar-refractivity contribution in [1.29, 1.82) is 0 Å². The number of aromatic nitrogens is 4. The van der Waals surface area contributed by atoms with Gasteiger partial charge in [0.2, 0.25) is 0 Å². The predicted molar refractivity (Wildman–Crippen MR) is 84.5 cm³/mol. The van der Waals surface area contributed by atoms with Crippen LogP contribution in [0.4, 0.5) is 5.82 Å². The quantitative estimate of drug-likeness (QED) is 0.439. The summed E-state index contributed by atoms with van der Waals surface area (Å²) < 4.78 is 20.1. The van der Waals surface area contributed by atoms with Gasteiger partial charge in [0, 0.05) is 12.4 Å². The SMILES string of the molecule is O=P(O)(O)CC[C@H]1O[C@@H](n2cnc3c2NCn2ccnc2-3)[C@H](O)[C@@H]1O. The van der Waals surface area contributed by atoms with Crippen molar-refractivity contribution in [2.75, 3.05) is 11.5 Å². The largest absolute Gasteiger partial charge is 0.388 e. The van der Waals surface area contributed by atoms with Gasteiger partial charge in [0.15, 0.2) is 12.1 Å². The van der Waals surface area contributed by atoms with Gasteiger partial charge in [-0.05, 0) is 6.42 Å². The third-order valence-electron chi connectivity index (χ3n) is 4.45. The molecule has 0 aliphatic carbocycles. The summed E-state index contributed by atoms with van der Waals surface area (Å²) in [5.74, 6) is 1.28. The van der Waals surface area contributed by atoms with Gasteiger partial charge in [0.1, 0.15) is 23.7 Å². The second kappa shape index (κ2) is 5.90. The number of nitrogens with one attached hydrogen (secondary N) is 1. The maximum absolute atomic E-state index is 11.0. The highest BCUT2D eigenvalue weighted by Gasteiger charge is 2.45. The first-order chi connectivity index (χ1) is 11.8. The van der Waals surface area contributed by atoms with Gasteiger partial charge in [-0.3, -0.25) is 9.13 Å². The van der Waals surface area contributed by atoms with Crippen molar-refractivity contribution >= 4 is 13.4 Å². The molecule has 0 saturated carbocycles. The van der Waals surface area contributed by atoms with Crippen LogP contribution in [0.15, 0.2) is 18.7 Å². The molecule has 25 heavy (non-hydrogen) atoms. The molecule has 2 aromatic heterocycles. The Balaban J connectivity index is 1.58. The van der Waals surface area contributed by atoms with Crippen molar-refractivity contribution in [3.8, 4) is 11.5 Å². The number of ether oxygens (including phenoxy) is 1. The average molecular weight is 371 g/mol. The number of hydrogen-bond donors (Lipinski definition) is 5. The number of fused-ring (bicyclic) bond motifs is 3. The molecular formula is C13H18N5O6P. The fraction of sp³-hybridized carbons (Fsp3) is 0.538. The molecule has 0 aromatic carbocycles. The van der Waals surface area contributed by atoms with Gasteiger partial charge in [-0.2, -0.15) is 0 Å². The Hall–Kier alpha value is -1.75. The van der Waals surface area contributed by atoms with E-state index in [2.05, 4.69) is 15.3 Å². The van der Waals surface area contributed by atoms with Crippen LogP contribution in [0, 0.1) is 0 Å². The minimum atomic E-state index is -4.21. The Labute approximate surface area is 142 Å². The highest BCUT2D eigenvalue weighted by Crippen LogP contribution is 2.41. The molecule has 1 fully saturated rings. The smallest absolute Gasteiger partial charge is 0.325 e. The monoisotopic (exact) mass is 371 g/mol. The summed E-state index contributed by atoms with van der Waals surface area (Å²) in [5.41, 5.74) is 0.597. The molecule has 4 atom stereocenters. The standard InChI is InChI=1S/C13H18N5O6P/c19-9-7(1-4-25(21,22)23)24-13(10(9)20)18-6-15-8-11-14-2-3-17(11)5-16-12(8)18/h2-3,6-7,9-10,13,16,19-20H,1,4-5H2,(H2,21,22,23)/t7-,9-,10-,13-/m1/s1. The summed E-state index contributed by atoms with van der Waals surface area (Å²) in [6.07, 6.45) is 0.177. The molecule has 2 aliphatic heterocycles. The van der Waals surface area contributed by atoms with Crippen LogP contribution in [0.1, 0.15) is 12.6 Å². The van der Waals surface area contributed by atoms with Crippen molar-refractivity contribution in [1.82, 2.24) is 19.1 Å². The van der Waals surface area contributed by atoms with Gasteiger partial charge < -0.3 is 34.6 Å². The summed E-state index contributed by atoms with van der Waals surface area (Å²) in [5, 5.41) is 23.6. The van der Waals surface area contributed by atoms with Crippen LogP contribution < -0.4 is 5.32 Å². The molecule has 0 radical (unpaired) electrons. The number of anilines is 1. The molecule has 1 saturated heterocycles. The van der Waals surface area contributed by atoms with E-state index in [1.807, 2.05) is 10.8 Å². The molecule has 11 nitrogen and oxygen atoms in total. The number of aliphatic hydroxyl groups is 2. The van der Waals surface area contributed by atoms with Crippen molar-refractivity contribution in [3.63, 3.8) is 0 Å². The van der Waals surface area contributed by atoms with E-state index in [1.165, 1.54) is 6.33 Å². The number of nitrogens with zero attached hydrogens (tertiary/aromatic N) is 4. The molecule has 136 valence electrons. The Bertz CT molecular complexity index is 831. The minimum Gasteiger partial charge on any atom is -0.388 e. The molecule has 4 heterocycles. The zero-order chi connectivity index (χ0) is 17.8. The van der Waals surface area contributed by atoms with Crippen LogP contribution >= 0.6 is 7.60 Å². The fourth-order valence-electron chi connectivity index (χ4n) is 3.20. The summed E-state index contributed by atoms with van der Waals surface area (Å²) in [7, 11) is -4.21. The van der Waals surface area contributed by atoms with E-state index in [0.717, 1.165) is 0 Å². The summed E-state index contributed by atoms with van der Waals surface area (Å²) in [6.45, 7) is 0.473. The number of rotatable bonds is 4. The number of hydrogen-bond acceptors (Lipinski definition) is 7. The van der Waals surface area contributed by atoms with Gasteiger partial charge >= 0.3 is 7.60 Å². The van der Waals surface area contributed by atoms with Crippen molar-refractivity contribution in [2.24, 2.45) is 0 Å². The summed E-state index contributed by atoms with van der Waals surface area (Å²) in [6, 6.07) is 0. The van der Waals surface area contributed by atoms with E-state index in [-0.39, 0.29) is 6.42 Å². The Morgan fingerprint density at radius 3 is 2.88 bits per heavy atom. The second-order valence-corrected chi connectivity index (χ2v) is 7.90. The Kier molecular flexibility index (Phi) is 3.95. The Morgan fingerprint density at radius 2 is 2.12 bits per heavy atom. The van der Waals surface area contributed by atoms with Gasteiger partial charge in [-0.25, -0.2) is 9.97 Å². The molecule has 12 heteroatoms. The van der Waals surface area contributed by atoms with Gasteiger partial charge in [-0.15, -0.1) is 0 Å². The van der Waals surface area contributed by atoms with Crippen LogP contribution in [0.25, 0.3) is 11.5 Å². The normalized spacial score (nSPS) is 28.5. The highest BCUT2D eigenvalue weighted by atomic mass is 31.2. The molecule has 0 spiro atoms. The van der Waals surface area contributed by atoms with E-state index in [1.54, 1.807) is 10.8 Å². The average Bonchev–Trinajstić information content (AvgIpc) is 3.23. The first-order valence-corrected chi connectivity index (χ1v) is 9.53. The molecule has 2 aliphatic rings. The van der Waals surface area contributed by atoms with Gasteiger partial charge in [0.25, 0.3) is 0 Å². The lowest BCUT2D eigenvalue weighted by Crippen LogP contribution is -2.32. The molecule has 0 amide bonds. The lowest BCUT2D eigenvalue weighted by atomic mass is 10.1. The lowest BCUT2D eigenvalue weighted by Gasteiger charge is -2.23. The van der Waals surface area contributed by atoms with Crippen LogP contribution in [-0.4, -0.2) is 63.6 Å². The van der Waals surface area contributed by atoms with Crippen molar-refractivity contribution in [2.45, 2.75) is 37.6 Å². The third-order valence-corrected chi connectivity index (χ3v) is 5.29. The van der Waals surface area contributed by atoms with Crippen LogP contribution in [0.2, 0.25) is 0 Å². The molecule has 0 unspecified atom stereocenters. The predicted octanol–water partition coefficient (Wildman–Crippen LogP) is -0.683. The molecule has 0 bridgehead atoms.